The van der Waals surface area contributed by atoms with E-state index < -0.39 is 0 Å². The van der Waals surface area contributed by atoms with Crippen molar-refractivity contribution in [2.24, 2.45) is 0 Å². The van der Waals surface area contributed by atoms with E-state index >= 15 is 0 Å². The molecule has 0 fully saturated rings. The minimum atomic E-state index is -0.186. The summed E-state index contributed by atoms with van der Waals surface area (Å²) >= 11 is 2.22. The third-order valence-corrected chi connectivity index (χ3v) is 2.18. The Bertz CT molecular complexity index is 115. The maximum atomic E-state index is 9.28. The third-order valence-electron chi connectivity index (χ3n) is 1.35. The van der Waals surface area contributed by atoms with Crippen LogP contribution in [0.25, 0.3) is 0 Å². The van der Waals surface area contributed by atoms with Crippen molar-refractivity contribution in [3.05, 3.63) is 0 Å². The number of aliphatic hydroxyl groups excluding tert-OH is 1. The van der Waals surface area contributed by atoms with Crippen LogP contribution in [-0.4, -0.2) is 15.1 Å². The second-order valence-electron chi connectivity index (χ2n) is 2.34. The highest BCUT2D eigenvalue weighted by Crippen LogP contribution is 2.11. The molecule has 0 aromatic carbocycles. The molecule has 0 amide bonds. The van der Waals surface area contributed by atoms with Crippen LogP contribution < -0.4 is 0 Å². The summed E-state index contributed by atoms with van der Waals surface area (Å²) in [6.45, 7) is 2.00. The molecule has 0 saturated heterocycles. The topological polar surface area (TPSA) is 20.2 Å². The Morgan fingerprint density at radius 3 is 2.70 bits per heavy atom. The quantitative estimate of drug-likeness (QED) is 0.351. The highest BCUT2D eigenvalue weighted by Gasteiger charge is 2.08. The van der Waals surface area contributed by atoms with Crippen molar-refractivity contribution in [2.45, 2.75) is 36.2 Å². The van der Waals surface area contributed by atoms with Gasteiger partial charge in [-0.05, 0) is 12.8 Å². The van der Waals surface area contributed by atoms with Gasteiger partial charge < -0.3 is 5.11 Å². The Morgan fingerprint density at radius 1 is 1.70 bits per heavy atom. The van der Waals surface area contributed by atoms with E-state index in [1.807, 2.05) is 6.92 Å². The Labute approximate surface area is 76.3 Å². The van der Waals surface area contributed by atoms with Gasteiger partial charge in [0.15, 0.2) is 0 Å². The van der Waals surface area contributed by atoms with Crippen LogP contribution in [0.1, 0.15) is 26.2 Å². The molecule has 0 bridgehead atoms. The predicted octanol–water partition coefficient (Wildman–Crippen LogP) is 1.97. The molecule has 0 aliphatic rings. The molecule has 2 unspecified atom stereocenters. The van der Waals surface area contributed by atoms with E-state index in [0.717, 1.165) is 19.3 Å². The normalized spacial score (nSPS) is 15.8. The summed E-state index contributed by atoms with van der Waals surface area (Å²) in [4.78, 5) is 0. The number of hydrogen-bond donors (Lipinski definition) is 1. The highest BCUT2D eigenvalue weighted by atomic mass is 127. The molecular weight excluding hydrogens is 239 g/mol. The molecule has 0 spiro atoms. The van der Waals surface area contributed by atoms with E-state index in [-0.39, 0.29) is 6.10 Å². The predicted molar refractivity (Wildman–Crippen MR) is 52.2 cm³/mol. The first-order valence-corrected chi connectivity index (χ1v) is 4.68. The van der Waals surface area contributed by atoms with E-state index in [1.54, 1.807) is 0 Å². The Hall–Kier alpha value is 0.250. The molecule has 2 heteroatoms. The summed E-state index contributed by atoms with van der Waals surface area (Å²) < 4.78 is 0.329. The fraction of sp³-hybridized carbons (Fsp3) is 0.750. The van der Waals surface area contributed by atoms with Gasteiger partial charge in [-0.2, -0.15) is 0 Å². The lowest BCUT2D eigenvalue weighted by Crippen LogP contribution is -2.16. The maximum absolute atomic E-state index is 9.28. The van der Waals surface area contributed by atoms with Crippen molar-refractivity contribution in [3.63, 3.8) is 0 Å². The smallest absolute Gasteiger partial charge is 0.0655 e. The molecule has 0 aliphatic carbocycles. The molecule has 0 aromatic rings. The Morgan fingerprint density at radius 2 is 2.30 bits per heavy atom. The molecule has 0 aliphatic heterocycles. The van der Waals surface area contributed by atoms with Crippen molar-refractivity contribution in [2.75, 3.05) is 0 Å². The monoisotopic (exact) mass is 252 g/mol. The van der Waals surface area contributed by atoms with Gasteiger partial charge in [0.1, 0.15) is 0 Å². The van der Waals surface area contributed by atoms with Crippen LogP contribution in [0.2, 0.25) is 0 Å². The second kappa shape index (κ2) is 5.99. The Balaban J connectivity index is 3.23. The first kappa shape index (κ1) is 10.2. The molecule has 0 heterocycles. The second-order valence-corrected chi connectivity index (χ2v) is 4.31. The zero-order valence-corrected chi connectivity index (χ0v) is 8.34. The molecule has 1 nitrogen and oxygen atoms in total. The van der Waals surface area contributed by atoms with E-state index in [4.69, 9.17) is 6.42 Å². The molecule has 0 aromatic heterocycles. The van der Waals surface area contributed by atoms with Crippen LogP contribution in [-0.2, 0) is 0 Å². The van der Waals surface area contributed by atoms with Crippen LogP contribution >= 0.6 is 22.6 Å². The molecule has 0 radical (unpaired) electrons. The number of terminal acetylenes is 1. The van der Waals surface area contributed by atoms with Gasteiger partial charge in [-0.1, -0.05) is 29.5 Å². The average Bonchev–Trinajstić information content (AvgIpc) is 1.88. The minimum absolute atomic E-state index is 0.186. The number of rotatable bonds is 4. The van der Waals surface area contributed by atoms with E-state index in [1.165, 1.54) is 0 Å². The van der Waals surface area contributed by atoms with Crippen molar-refractivity contribution in [1.29, 1.82) is 0 Å². The molecule has 58 valence electrons. The summed E-state index contributed by atoms with van der Waals surface area (Å²) in [6, 6.07) is 0. The molecule has 10 heavy (non-hydrogen) atoms. The number of halogens is 1. The summed E-state index contributed by atoms with van der Waals surface area (Å²) in [5, 5.41) is 9.28. The van der Waals surface area contributed by atoms with Crippen LogP contribution in [0.3, 0.4) is 0 Å². The van der Waals surface area contributed by atoms with E-state index in [9.17, 15) is 5.11 Å². The van der Waals surface area contributed by atoms with E-state index in [0.29, 0.717) is 3.92 Å². The SMILES string of the molecule is C#CCCCC(O)C(C)I. The van der Waals surface area contributed by atoms with Gasteiger partial charge in [-0.15, -0.1) is 12.3 Å². The zero-order valence-electron chi connectivity index (χ0n) is 6.18. The molecule has 0 saturated carbocycles. The summed E-state index contributed by atoms with van der Waals surface area (Å²) in [7, 11) is 0. The molecule has 2 atom stereocenters. The molecule has 1 N–H and O–H groups in total. The summed E-state index contributed by atoms with van der Waals surface area (Å²) in [5.74, 6) is 2.55. The van der Waals surface area contributed by atoms with Gasteiger partial charge in [0.05, 0.1) is 6.10 Å². The van der Waals surface area contributed by atoms with Crippen molar-refractivity contribution < 1.29 is 5.11 Å². The first-order chi connectivity index (χ1) is 4.68. The molecule has 0 rings (SSSR count). The highest BCUT2D eigenvalue weighted by molar-refractivity contribution is 14.1. The Kier molecular flexibility index (Phi) is 6.14. The maximum Gasteiger partial charge on any atom is 0.0655 e. The van der Waals surface area contributed by atoms with Crippen LogP contribution in [0.5, 0.6) is 0 Å². The van der Waals surface area contributed by atoms with Gasteiger partial charge in [-0.25, -0.2) is 0 Å². The van der Waals surface area contributed by atoms with Crippen LogP contribution in [0.15, 0.2) is 0 Å². The first-order valence-electron chi connectivity index (χ1n) is 3.44. The fourth-order valence-corrected chi connectivity index (χ4v) is 1.00. The lowest BCUT2D eigenvalue weighted by atomic mass is 10.1. The van der Waals surface area contributed by atoms with E-state index in [2.05, 4.69) is 28.5 Å². The van der Waals surface area contributed by atoms with Crippen LogP contribution in [0.4, 0.5) is 0 Å². The number of alkyl halides is 1. The third kappa shape index (κ3) is 5.07. The van der Waals surface area contributed by atoms with Gasteiger partial charge in [0.25, 0.3) is 0 Å². The number of aliphatic hydroxyl groups is 1. The fourth-order valence-electron chi connectivity index (χ4n) is 0.643. The standard InChI is InChI=1S/C8H13IO/c1-3-4-5-6-8(10)7(2)9/h1,7-8,10H,4-6H2,2H3. The largest absolute Gasteiger partial charge is 0.392 e. The van der Waals surface area contributed by atoms with Crippen LogP contribution in [0, 0.1) is 12.3 Å². The van der Waals surface area contributed by atoms with Crippen molar-refractivity contribution >= 4 is 22.6 Å². The number of hydrogen-bond acceptors (Lipinski definition) is 1. The van der Waals surface area contributed by atoms with Crippen molar-refractivity contribution in [1.82, 2.24) is 0 Å². The minimum Gasteiger partial charge on any atom is -0.392 e. The van der Waals surface area contributed by atoms with Crippen molar-refractivity contribution in [3.8, 4) is 12.3 Å². The summed E-state index contributed by atoms with van der Waals surface area (Å²) in [6.07, 6.45) is 7.41. The average molecular weight is 252 g/mol. The number of unbranched alkanes of at least 4 members (excludes halogenated alkanes) is 1. The lowest BCUT2D eigenvalue weighted by Gasteiger charge is -2.10. The van der Waals surface area contributed by atoms with Gasteiger partial charge in [0.2, 0.25) is 0 Å². The van der Waals surface area contributed by atoms with Gasteiger partial charge >= 0.3 is 0 Å². The zero-order chi connectivity index (χ0) is 7.98. The molecular formula is C8H13IO. The van der Waals surface area contributed by atoms with Gasteiger partial charge in [-0.3, -0.25) is 0 Å². The lowest BCUT2D eigenvalue weighted by molar-refractivity contribution is 0.168. The summed E-state index contributed by atoms with van der Waals surface area (Å²) in [5.41, 5.74) is 0. The van der Waals surface area contributed by atoms with Gasteiger partial charge in [0, 0.05) is 10.3 Å².